The summed E-state index contributed by atoms with van der Waals surface area (Å²) < 4.78 is 25.0. The van der Waals surface area contributed by atoms with Crippen LogP contribution in [0.2, 0.25) is 5.15 Å². The quantitative estimate of drug-likeness (QED) is 0.809. The van der Waals surface area contributed by atoms with Gasteiger partial charge in [0.15, 0.2) is 20.0 Å². The van der Waals surface area contributed by atoms with E-state index in [1.165, 1.54) is 4.40 Å². The molecule has 2 rings (SSSR count). The number of pyridine rings is 1. The lowest BCUT2D eigenvalue weighted by atomic mass is 10.5. The van der Waals surface area contributed by atoms with E-state index >= 15 is 0 Å². The fraction of sp³-hybridized carbons (Fsp3) is 0.222. The first-order valence-corrected chi connectivity index (χ1v) is 6.44. The predicted octanol–water partition coefficient (Wildman–Crippen LogP) is 1.78. The summed E-state index contributed by atoms with van der Waals surface area (Å²) in [6, 6.07) is 5.22. The number of hydrogen-bond donors (Lipinski definition) is 0. The van der Waals surface area contributed by atoms with Crippen LogP contribution in [0.1, 0.15) is 6.92 Å². The molecule has 6 heteroatoms. The molecular weight excluding hydrogens is 236 g/mol. The minimum atomic E-state index is -3.34. The fourth-order valence-corrected chi connectivity index (χ4v) is 2.92. The number of halogens is 1. The van der Waals surface area contributed by atoms with Gasteiger partial charge in [-0.05, 0) is 12.1 Å². The smallest absolute Gasteiger partial charge is 0.197 e. The van der Waals surface area contributed by atoms with Crippen molar-refractivity contribution in [3.8, 4) is 0 Å². The Hall–Kier alpha value is -1.07. The summed E-state index contributed by atoms with van der Waals surface area (Å²) in [4.78, 5) is 3.98. The molecule has 0 aliphatic heterocycles. The van der Waals surface area contributed by atoms with E-state index in [1.807, 2.05) is 0 Å². The van der Waals surface area contributed by atoms with Crippen LogP contribution in [0, 0.1) is 0 Å². The van der Waals surface area contributed by atoms with E-state index in [0.29, 0.717) is 5.65 Å². The van der Waals surface area contributed by atoms with Gasteiger partial charge in [0.05, 0.1) is 5.75 Å². The largest absolute Gasteiger partial charge is 0.289 e. The Bertz CT molecular complexity index is 604. The van der Waals surface area contributed by atoms with Crippen LogP contribution in [0.5, 0.6) is 0 Å². The van der Waals surface area contributed by atoms with Gasteiger partial charge in [0.2, 0.25) is 0 Å². The number of aromatic nitrogens is 2. The highest BCUT2D eigenvalue weighted by atomic mass is 35.5. The standard InChI is InChI=1S/C9H9ClN2O2S/c1-2-15(13,14)9-8(10)11-7-5-3-4-6-12(7)9/h3-6H,2H2,1H3. The summed E-state index contributed by atoms with van der Waals surface area (Å²) in [6.45, 7) is 1.58. The Kier molecular flexibility index (Phi) is 2.44. The van der Waals surface area contributed by atoms with E-state index in [1.54, 1.807) is 31.3 Å². The maximum Gasteiger partial charge on any atom is 0.197 e. The number of imidazole rings is 1. The molecule has 0 saturated heterocycles. The van der Waals surface area contributed by atoms with Gasteiger partial charge in [0.25, 0.3) is 0 Å². The van der Waals surface area contributed by atoms with Crippen molar-refractivity contribution < 1.29 is 8.42 Å². The first-order valence-electron chi connectivity index (χ1n) is 4.41. The lowest BCUT2D eigenvalue weighted by Crippen LogP contribution is -2.07. The highest BCUT2D eigenvalue weighted by molar-refractivity contribution is 7.91. The van der Waals surface area contributed by atoms with E-state index in [0.717, 1.165) is 0 Å². The van der Waals surface area contributed by atoms with Gasteiger partial charge < -0.3 is 0 Å². The van der Waals surface area contributed by atoms with Crippen LogP contribution in [0.25, 0.3) is 5.65 Å². The molecule has 0 amide bonds. The molecule has 0 fully saturated rings. The van der Waals surface area contributed by atoms with Crippen LogP contribution in [0.3, 0.4) is 0 Å². The topological polar surface area (TPSA) is 51.4 Å². The van der Waals surface area contributed by atoms with Crippen LogP contribution in [-0.4, -0.2) is 23.6 Å². The maximum absolute atomic E-state index is 11.8. The zero-order valence-electron chi connectivity index (χ0n) is 8.01. The summed E-state index contributed by atoms with van der Waals surface area (Å²) >= 11 is 5.82. The summed E-state index contributed by atoms with van der Waals surface area (Å²) in [7, 11) is -3.34. The lowest BCUT2D eigenvalue weighted by molar-refractivity contribution is 0.592. The number of fused-ring (bicyclic) bond motifs is 1. The fourth-order valence-electron chi connectivity index (χ4n) is 1.36. The molecule has 0 spiro atoms. The Morgan fingerprint density at radius 1 is 1.47 bits per heavy atom. The zero-order chi connectivity index (χ0) is 11.1. The van der Waals surface area contributed by atoms with Gasteiger partial charge in [-0.15, -0.1) is 0 Å². The zero-order valence-corrected chi connectivity index (χ0v) is 9.59. The molecule has 2 aromatic heterocycles. The van der Waals surface area contributed by atoms with Crippen molar-refractivity contribution in [1.82, 2.24) is 9.38 Å². The molecule has 15 heavy (non-hydrogen) atoms. The van der Waals surface area contributed by atoms with Gasteiger partial charge in [0, 0.05) is 6.20 Å². The number of rotatable bonds is 2. The van der Waals surface area contributed by atoms with Crippen molar-refractivity contribution in [2.75, 3.05) is 5.75 Å². The Balaban J connectivity index is 2.87. The second-order valence-corrected chi connectivity index (χ2v) is 5.59. The average molecular weight is 245 g/mol. The van der Waals surface area contributed by atoms with Crippen LogP contribution in [-0.2, 0) is 9.84 Å². The molecule has 0 atom stereocenters. The first kappa shape index (κ1) is 10.4. The summed E-state index contributed by atoms with van der Waals surface area (Å²) in [5.74, 6) is 0.00933. The molecule has 0 saturated carbocycles. The molecule has 0 aliphatic rings. The van der Waals surface area contributed by atoms with Crippen molar-refractivity contribution in [1.29, 1.82) is 0 Å². The van der Waals surface area contributed by atoms with Crippen LogP contribution in [0.4, 0.5) is 0 Å². The molecule has 80 valence electrons. The first-order chi connectivity index (χ1) is 7.06. The van der Waals surface area contributed by atoms with Crippen molar-refractivity contribution in [2.24, 2.45) is 0 Å². The molecule has 0 radical (unpaired) electrons. The normalized spacial score (nSPS) is 12.1. The summed E-state index contributed by atoms with van der Waals surface area (Å²) in [5.41, 5.74) is 0.537. The van der Waals surface area contributed by atoms with E-state index in [4.69, 9.17) is 11.6 Å². The van der Waals surface area contributed by atoms with E-state index in [-0.39, 0.29) is 15.9 Å². The number of sulfone groups is 1. The molecule has 4 nitrogen and oxygen atoms in total. The predicted molar refractivity (Wildman–Crippen MR) is 57.9 cm³/mol. The molecule has 2 aromatic rings. The van der Waals surface area contributed by atoms with Gasteiger partial charge in [-0.2, -0.15) is 0 Å². The Morgan fingerprint density at radius 2 is 2.20 bits per heavy atom. The third-order valence-electron chi connectivity index (χ3n) is 2.12. The molecule has 0 aromatic carbocycles. The minimum Gasteiger partial charge on any atom is -0.289 e. The lowest BCUT2D eigenvalue weighted by Gasteiger charge is -2.00. The van der Waals surface area contributed by atoms with Crippen LogP contribution < -0.4 is 0 Å². The van der Waals surface area contributed by atoms with Crippen LogP contribution in [0.15, 0.2) is 29.4 Å². The Morgan fingerprint density at radius 3 is 2.87 bits per heavy atom. The number of nitrogens with zero attached hydrogens (tertiary/aromatic N) is 2. The molecule has 0 unspecified atom stereocenters. The van der Waals surface area contributed by atoms with E-state index < -0.39 is 9.84 Å². The average Bonchev–Trinajstić information content (AvgIpc) is 2.54. The van der Waals surface area contributed by atoms with Gasteiger partial charge in [0.1, 0.15) is 5.65 Å². The van der Waals surface area contributed by atoms with Gasteiger partial charge in [-0.3, -0.25) is 4.40 Å². The second-order valence-electron chi connectivity index (χ2n) is 3.04. The molecule has 0 aliphatic carbocycles. The van der Waals surface area contributed by atoms with Crippen molar-refractivity contribution in [3.63, 3.8) is 0 Å². The van der Waals surface area contributed by atoms with E-state index in [9.17, 15) is 8.42 Å². The third-order valence-corrected chi connectivity index (χ3v) is 4.24. The monoisotopic (exact) mass is 244 g/mol. The van der Waals surface area contributed by atoms with Crippen molar-refractivity contribution in [3.05, 3.63) is 29.5 Å². The van der Waals surface area contributed by atoms with E-state index in [2.05, 4.69) is 4.98 Å². The molecule has 0 N–H and O–H groups in total. The van der Waals surface area contributed by atoms with Crippen LogP contribution >= 0.6 is 11.6 Å². The minimum absolute atomic E-state index is 0.00933. The van der Waals surface area contributed by atoms with Gasteiger partial charge in [-0.25, -0.2) is 13.4 Å². The van der Waals surface area contributed by atoms with Crippen molar-refractivity contribution >= 4 is 27.1 Å². The number of hydrogen-bond acceptors (Lipinski definition) is 3. The highest BCUT2D eigenvalue weighted by Gasteiger charge is 2.22. The Labute approximate surface area is 92.4 Å². The molecule has 0 bridgehead atoms. The third kappa shape index (κ3) is 1.61. The summed E-state index contributed by atoms with van der Waals surface area (Å²) in [5, 5.41) is 0.102. The summed E-state index contributed by atoms with van der Waals surface area (Å²) in [6.07, 6.45) is 1.64. The van der Waals surface area contributed by atoms with Crippen molar-refractivity contribution in [2.45, 2.75) is 11.9 Å². The molecular formula is C9H9ClN2O2S. The second kappa shape index (κ2) is 3.50. The van der Waals surface area contributed by atoms with Gasteiger partial charge >= 0.3 is 0 Å². The SMILES string of the molecule is CCS(=O)(=O)c1c(Cl)nc2ccccn12. The molecule has 2 heterocycles. The maximum atomic E-state index is 11.8. The highest BCUT2D eigenvalue weighted by Crippen LogP contribution is 2.23. The van der Waals surface area contributed by atoms with Gasteiger partial charge in [-0.1, -0.05) is 24.6 Å².